The lowest BCUT2D eigenvalue weighted by atomic mass is 9.99. The van der Waals surface area contributed by atoms with Crippen molar-refractivity contribution in [3.05, 3.63) is 101 Å². The predicted octanol–water partition coefficient (Wildman–Crippen LogP) is 5.72. The molecule has 0 aliphatic carbocycles. The van der Waals surface area contributed by atoms with Crippen molar-refractivity contribution in [2.45, 2.75) is 13.2 Å². The third-order valence-corrected chi connectivity index (χ3v) is 4.36. The Labute approximate surface area is 160 Å². The Morgan fingerprint density at radius 2 is 1.33 bits per heavy atom. The average Bonchev–Trinajstić information content (AvgIpc) is 2.72. The summed E-state index contributed by atoms with van der Waals surface area (Å²) in [4.78, 5) is 4.73. The molecule has 0 atom stereocenters. The number of para-hydroxylation sites is 1. The molecule has 0 N–H and O–H groups in total. The highest BCUT2D eigenvalue weighted by molar-refractivity contribution is 5.99. The van der Waals surface area contributed by atoms with Gasteiger partial charge in [-0.05, 0) is 29.5 Å². The smallest absolute Gasteiger partial charge is 0.185 e. The van der Waals surface area contributed by atoms with Gasteiger partial charge in [0.15, 0.2) is 6.29 Å². The number of nitrogens with zero attached hydrogens (tertiary/aromatic N) is 1. The molecule has 3 rings (SSSR count). The van der Waals surface area contributed by atoms with E-state index in [0.717, 1.165) is 33.5 Å². The SMILES string of the molecule is COC(OC)c1cccc(C)c1N=C=C(c1ccccc1)c1ccccc1. The van der Waals surface area contributed by atoms with E-state index < -0.39 is 6.29 Å². The maximum absolute atomic E-state index is 5.44. The zero-order valence-corrected chi connectivity index (χ0v) is 15.8. The van der Waals surface area contributed by atoms with Gasteiger partial charge in [0, 0.05) is 19.8 Å². The van der Waals surface area contributed by atoms with E-state index in [9.17, 15) is 0 Å². The van der Waals surface area contributed by atoms with Crippen molar-refractivity contribution in [2.75, 3.05) is 14.2 Å². The summed E-state index contributed by atoms with van der Waals surface area (Å²) in [5.74, 6) is 3.28. The quantitative estimate of drug-likeness (QED) is 0.417. The van der Waals surface area contributed by atoms with Gasteiger partial charge in [-0.25, -0.2) is 4.99 Å². The summed E-state index contributed by atoms with van der Waals surface area (Å²) in [6, 6.07) is 26.3. The molecule has 0 bridgehead atoms. The number of hydrogen-bond acceptors (Lipinski definition) is 3. The zero-order valence-electron chi connectivity index (χ0n) is 15.8. The highest BCUT2D eigenvalue weighted by Gasteiger charge is 2.15. The highest BCUT2D eigenvalue weighted by Crippen LogP contribution is 2.31. The molecule has 3 heteroatoms. The Balaban J connectivity index is 2.18. The molecular weight excluding hydrogens is 334 g/mol. The lowest BCUT2D eigenvalue weighted by molar-refractivity contribution is -0.105. The van der Waals surface area contributed by atoms with E-state index in [1.807, 2.05) is 61.5 Å². The van der Waals surface area contributed by atoms with Gasteiger partial charge >= 0.3 is 0 Å². The van der Waals surface area contributed by atoms with Gasteiger partial charge in [-0.3, -0.25) is 0 Å². The summed E-state index contributed by atoms with van der Waals surface area (Å²) < 4.78 is 10.9. The lowest BCUT2D eigenvalue weighted by Crippen LogP contribution is -2.04. The van der Waals surface area contributed by atoms with E-state index in [-0.39, 0.29) is 0 Å². The topological polar surface area (TPSA) is 30.8 Å². The lowest BCUT2D eigenvalue weighted by Gasteiger charge is -2.16. The second kappa shape index (κ2) is 9.11. The van der Waals surface area contributed by atoms with Gasteiger partial charge in [-0.15, -0.1) is 0 Å². The summed E-state index contributed by atoms with van der Waals surface area (Å²) in [7, 11) is 3.25. The number of rotatable bonds is 6. The first-order valence-corrected chi connectivity index (χ1v) is 8.84. The number of hydrogen-bond donors (Lipinski definition) is 0. The van der Waals surface area contributed by atoms with Crippen LogP contribution in [-0.4, -0.2) is 20.1 Å². The Morgan fingerprint density at radius 3 is 1.85 bits per heavy atom. The van der Waals surface area contributed by atoms with Crippen molar-refractivity contribution in [1.29, 1.82) is 0 Å². The molecule has 0 aromatic heterocycles. The number of benzene rings is 3. The number of aryl methyl sites for hydroxylation is 1. The number of methoxy groups -OCH3 is 2. The molecule has 0 amide bonds. The molecule has 0 radical (unpaired) electrons. The molecule has 3 aromatic carbocycles. The first-order valence-electron chi connectivity index (χ1n) is 8.84. The van der Waals surface area contributed by atoms with Gasteiger partial charge in [0.25, 0.3) is 0 Å². The van der Waals surface area contributed by atoms with Crippen molar-refractivity contribution >= 4 is 17.1 Å². The van der Waals surface area contributed by atoms with Crippen molar-refractivity contribution in [3.8, 4) is 0 Å². The third-order valence-electron chi connectivity index (χ3n) is 4.36. The molecule has 0 heterocycles. The molecule has 0 aliphatic heterocycles. The van der Waals surface area contributed by atoms with Crippen LogP contribution >= 0.6 is 0 Å². The van der Waals surface area contributed by atoms with Gasteiger partial charge in [0.05, 0.1) is 11.3 Å². The molecular formula is C24H23NO2. The summed E-state index contributed by atoms with van der Waals surface area (Å²) in [5.41, 5.74) is 5.81. The summed E-state index contributed by atoms with van der Waals surface area (Å²) in [5, 5.41) is 0. The van der Waals surface area contributed by atoms with Crippen LogP contribution in [0.15, 0.2) is 83.9 Å². The van der Waals surface area contributed by atoms with Gasteiger partial charge < -0.3 is 9.47 Å². The summed E-state index contributed by atoms with van der Waals surface area (Å²) in [6.45, 7) is 2.02. The van der Waals surface area contributed by atoms with Crippen molar-refractivity contribution in [2.24, 2.45) is 4.99 Å². The minimum absolute atomic E-state index is 0.470. The van der Waals surface area contributed by atoms with Crippen LogP contribution in [0.4, 0.5) is 5.69 Å². The van der Waals surface area contributed by atoms with Crippen LogP contribution in [0.5, 0.6) is 0 Å². The zero-order chi connectivity index (χ0) is 19.1. The van der Waals surface area contributed by atoms with Crippen molar-refractivity contribution in [1.82, 2.24) is 0 Å². The molecule has 27 heavy (non-hydrogen) atoms. The normalized spacial score (nSPS) is 10.5. The molecule has 0 aliphatic rings. The second-order valence-corrected chi connectivity index (χ2v) is 6.15. The molecule has 136 valence electrons. The number of aliphatic imine (C=N–C) groups is 1. The van der Waals surface area contributed by atoms with E-state index in [1.165, 1.54) is 0 Å². The van der Waals surface area contributed by atoms with Gasteiger partial charge in [-0.2, -0.15) is 0 Å². The second-order valence-electron chi connectivity index (χ2n) is 6.15. The minimum atomic E-state index is -0.470. The van der Waals surface area contributed by atoms with E-state index in [1.54, 1.807) is 14.2 Å². The van der Waals surface area contributed by atoms with Crippen molar-refractivity contribution < 1.29 is 9.47 Å². The monoisotopic (exact) mass is 357 g/mol. The van der Waals surface area contributed by atoms with Crippen LogP contribution in [0, 0.1) is 6.92 Å². The Bertz CT molecular complexity index is 897. The Hall–Kier alpha value is -2.97. The largest absolute Gasteiger partial charge is 0.352 e. The molecule has 0 saturated carbocycles. The Kier molecular flexibility index (Phi) is 6.35. The van der Waals surface area contributed by atoms with Crippen LogP contribution in [0.3, 0.4) is 0 Å². The molecule has 0 spiro atoms. The third kappa shape index (κ3) is 4.42. The van der Waals surface area contributed by atoms with Gasteiger partial charge in [-0.1, -0.05) is 78.9 Å². The number of ether oxygens (including phenoxy) is 2. The minimum Gasteiger partial charge on any atom is -0.352 e. The average molecular weight is 357 g/mol. The van der Waals surface area contributed by atoms with Crippen LogP contribution in [0.1, 0.15) is 28.5 Å². The van der Waals surface area contributed by atoms with E-state index in [2.05, 4.69) is 30.1 Å². The summed E-state index contributed by atoms with van der Waals surface area (Å²) in [6.07, 6.45) is -0.470. The van der Waals surface area contributed by atoms with E-state index in [0.29, 0.717) is 0 Å². The molecule has 0 saturated heterocycles. The molecule has 3 aromatic rings. The predicted molar refractivity (Wildman–Crippen MR) is 110 cm³/mol. The van der Waals surface area contributed by atoms with Crippen LogP contribution in [-0.2, 0) is 9.47 Å². The summed E-state index contributed by atoms with van der Waals surface area (Å²) >= 11 is 0. The molecule has 0 fully saturated rings. The molecule has 3 nitrogen and oxygen atoms in total. The van der Waals surface area contributed by atoms with Crippen molar-refractivity contribution in [3.63, 3.8) is 0 Å². The standard InChI is InChI=1S/C24H23NO2/c1-18-11-10-16-21(24(26-2)27-3)23(18)25-17-22(19-12-6-4-7-13-19)20-14-8-5-9-15-20/h4-16,24H,1-3H3. The first kappa shape index (κ1) is 18.8. The van der Waals surface area contributed by atoms with Gasteiger partial charge in [0.2, 0.25) is 0 Å². The molecule has 0 unspecified atom stereocenters. The van der Waals surface area contributed by atoms with Crippen LogP contribution in [0.25, 0.3) is 5.57 Å². The maximum Gasteiger partial charge on any atom is 0.185 e. The maximum atomic E-state index is 5.44. The van der Waals surface area contributed by atoms with Crippen LogP contribution in [0.2, 0.25) is 0 Å². The highest BCUT2D eigenvalue weighted by atomic mass is 16.7. The fourth-order valence-electron chi connectivity index (χ4n) is 2.99. The Morgan fingerprint density at radius 1 is 0.778 bits per heavy atom. The first-order chi connectivity index (χ1) is 13.2. The van der Waals surface area contributed by atoms with Gasteiger partial charge in [0.1, 0.15) is 0 Å². The van der Waals surface area contributed by atoms with E-state index in [4.69, 9.17) is 14.5 Å². The fraction of sp³-hybridized carbons (Fsp3) is 0.167. The fourth-order valence-corrected chi connectivity index (χ4v) is 2.99. The van der Waals surface area contributed by atoms with E-state index >= 15 is 0 Å². The van der Waals surface area contributed by atoms with Crippen LogP contribution < -0.4 is 0 Å².